The normalized spacial score (nSPS) is 26.9. The summed E-state index contributed by atoms with van der Waals surface area (Å²) in [5.41, 5.74) is 2.52. The van der Waals surface area contributed by atoms with E-state index in [0.717, 1.165) is 36.2 Å². The fraction of sp³-hybridized carbons (Fsp3) is 0.650. The molecule has 1 aromatic rings. The molecule has 0 aromatic heterocycles. The van der Waals surface area contributed by atoms with Crippen molar-refractivity contribution in [3.63, 3.8) is 0 Å². The monoisotopic (exact) mass is 393 g/mol. The first-order valence-electron chi connectivity index (χ1n) is 9.82. The van der Waals surface area contributed by atoms with E-state index in [-0.39, 0.29) is 11.9 Å². The van der Waals surface area contributed by atoms with Gasteiger partial charge < -0.3 is 10.6 Å². The van der Waals surface area contributed by atoms with Gasteiger partial charge in [-0.15, -0.1) is 0 Å². The van der Waals surface area contributed by atoms with Crippen LogP contribution in [0.15, 0.2) is 17.0 Å². The summed E-state index contributed by atoms with van der Waals surface area (Å²) >= 11 is 0. The van der Waals surface area contributed by atoms with E-state index in [2.05, 4.69) is 17.6 Å². The van der Waals surface area contributed by atoms with Gasteiger partial charge in [-0.2, -0.15) is 4.31 Å². The molecule has 150 valence electrons. The smallest absolute Gasteiger partial charge is 0.244 e. The van der Waals surface area contributed by atoms with Crippen LogP contribution < -0.4 is 10.6 Å². The van der Waals surface area contributed by atoms with Gasteiger partial charge >= 0.3 is 0 Å². The van der Waals surface area contributed by atoms with Gasteiger partial charge in [0.1, 0.15) is 6.04 Å². The zero-order chi connectivity index (χ0) is 19.8. The number of piperidine rings is 1. The SMILES string of the molecule is Cc1cc(C)c(S(=O)(=O)N2CCCC2C(=O)NC2CNCCC2C)c(C)c1. The van der Waals surface area contributed by atoms with Crippen LogP contribution in [-0.4, -0.2) is 50.3 Å². The van der Waals surface area contributed by atoms with Gasteiger partial charge in [0.2, 0.25) is 15.9 Å². The summed E-state index contributed by atoms with van der Waals surface area (Å²) in [5.74, 6) is 0.224. The molecule has 27 heavy (non-hydrogen) atoms. The van der Waals surface area contributed by atoms with Crippen molar-refractivity contribution in [2.75, 3.05) is 19.6 Å². The lowest BCUT2D eigenvalue weighted by atomic mass is 9.94. The molecule has 3 rings (SSSR count). The third-order valence-corrected chi connectivity index (χ3v) is 8.05. The number of sulfonamides is 1. The van der Waals surface area contributed by atoms with E-state index in [4.69, 9.17) is 0 Å². The van der Waals surface area contributed by atoms with E-state index in [1.54, 1.807) is 0 Å². The number of carbonyl (C=O) groups is 1. The first-order chi connectivity index (χ1) is 12.7. The van der Waals surface area contributed by atoms with Crippen molar-refractivity contribution in [1.29, 1.82) is 0 Å². The lowest BCUT2D eigenvalue weighted by molar-refractivity contribution is -0.125. The van der Waals surface area contributed by atoms with Crippen molar-refractivity contribution in [3.05, 3.63) is 28.8 Å². The van der Waals surface area contributed by atoms with Gasteiger partial charge in [-0.3, -0.25) is 4.79 Å². The van der Waals surface area contributed by atoms with Crippen LogP contribution in [0.5, 0.6) is 0 Å². The standard InChI is InChI=1S/C20H31N3O3S/c1-13-10-15(3)19(16(4)11-13)27(25,26)23-9-5-6-18(23)20(24)22-17-12-21-8-7-14(17)2/h10-11,14,17-18,21H,5-9,12H2,1-4H3,(H,22,24). The lowest BCUT2D eigenvalue weighted by Crippen LogP contribution is -2.55. The van der Waals surface area contributed by atoms with Crippen LogP contribution in [-0.2, 0) is 14.8 Å². The Labute approximate surface area is 162 Å². The average molecular weight is 394 g/mol. The van der Waals surface area contributed by atoms with E-state index < -0.39 is 16.1 Å². The van der Waals surface area contributed by atoms with Gasteiger partial charge in [-0.1, -0.05) is 24.6 Å². The number of rotatable bonds is 4. The second kappa shape index (κ2) is 7.89. The minimum Gasteiger partial charge on any atom is -0.350 e. The van der Waals surface area contributed by atoms with Crippen LogP contribution in [0.4, 0.5) is 0 Å². The zero-order valence-corrected chi connectivity index (χ0v) is 17.5. The van der Waals surface area contributed by atoms with Crippen molar-refractivity contribution in [1.82, 2.24) is 14.9 Å². The largest absolute Gasteiger partial charge is 0.350 e. The fourth-order valence-electron chi connectivity index (χ4n) is 4.44. The maximum Gasteiger partial charge on any atom is 0.244 e. The molecule has 0 saturated carbocycles. The summed E-state index contributed by atoms with van der Waals surface area (Å²) in [7, 11) is -3.71. The second-order valence-corrected chi connectivity index (χ2v) is 9.91. The minimum absolute atomic E-state index is 0.0549. The van der Waals surface area contributed by atoms with E-state index >= 15 is 0 Å². The molecule has 2 saturated heterocycles. The van der Waals surface area contributed by atoms with Crippen LogP contribution in [0.1, 0.15) is 42.9 Å². The van der Waals surface area contributed by atoms with E-state index in [1.807, 2.05) is 32.9 Å². The molecule has 3 unspecified atom stereocenters. The van der Waals surface area contributed by atoms with Crippen LogP contribution in [0.2, 0.25) is 0 Å². The Hall–Kier alpha value is -1.44. The van der Waals surface area contributed by atoms with Crippen LogP contribution >= 0.6 is 0 Å². The molecule has 1 amide bonds. The summed E-state index contributed by atoms with van der Waals surface area (Å²) in [5, 5.41) is 6.40. The van der Waals surface area contributed by atoms with Gasteiger partial charge in [-0.05, 0) is 63.6 Å². The van der Waals surface area contributed by atoms with Crippen molar-refractivity contribution >= 4 is 15.9 Å². The third-order valence-electron chi connectivity index (χ3n) is 5.83. The highest BCUT2D eigenvalue weighted by Gasteiger charge is 2.41. The average Bonchev–Trinajstić information content (AvgIpc) is 3.06. The molecule has 3 atom stereocenters. The van der Waals surface area contributed by atoms with Gasteiger partial charge in [0.05, 0.1) is 4.90 Å². The molecule has 0 spiro atoms. The number of carbonyl (C=O) groups excluding carboxylic acids is 1. The molecule has 6 nitrogen and oxygen atoms in total. The number of benzene rings is 1. The molecular formula is C20H31N3O3S. The molecule has 2 heterocycles. The molecule has 0 aliphatic carbocycles. The second-order valence-electron chi connectivity index (χ2n) is 8.09. The van der Waals surface area contributed by atoms with Gasteiger partial charge in [0.15, 0.2) is 0 Å². The molecule has 0 bridgehead atoms. The Morgan fingerprint density at radius 1 is 1.19 bits per heavy atom. The van der Waals surface area contributed by atoms with Gasteiger partial charge in [0.25, 0.3) is 0 Å². The Kier molecular flexibility index (Phi) is 5.93. The van der Waals surface area contributed by atoms with Crippen molar-refractivity contribution in [2.24, 2.45) is 5.92 Å². The highest BCUT2D eigenvalue weighted by molar-refractivity contribution is 7.89. The summed E-state index contributed by atoms with van der Waals surface area (Å²) < 4.78 is 28.2. The molecule has 0 radical (unpaired) electrons. The summed E-state index contributed by atoms with van der Waals surface area (Å²) in [6.07, 6.45) is 2.29. The molecular weight excluding hydrogens is 362 g/mol. The van der Waals surface area contributed by atoms with Crippen molar-refractivity contribution in [3.8, 4) is 0 Å². The van der Waals surface area contributed by atoms with Crippen LogP contribution in [0, 0.1) is 26.7 Å². The van der Waals surface area contributed by atoms with Gasteiger partial charge in [-0.25, -0.2) is 8.42 Å². The Morgan fingerprint density at radius 2 is 1.85 bits per heavy atom. The van der Waals surface area contributed by atoms with Crippen LogP contribution in [0.3, 0.4) is 0 Å². The van der Waals surface area contributed by atoms with E-state index in [1.165, 1.54) is 4.31 Å². The zero-order valence-electron chi connectivity index (χ0n) is 16.7. The molecule has 2 N–H and O–H groups in total. The van der Waals surface area contributed by atoms with E-state index in [0.29, 0.717) is 30.2 Å². The predicted molar refractivity (Wildman–Crippen MR) is 106 cm³/mol. The summed E-state index contributed by atoms with van der Waals surface area (Å²) in [4.78, 5) is 13.3. The van der Waals surface area contributed by atoms with Gasteiger partial charge in [0, 0.05) is 19.1 Å². The Bertz CT molecular complexity index is 799. The number of amides is 1. The number of aryl methyl sites for hydroxylation is 3. The number of nitrogens with one attached hydrogen (secondary N) is 2. The maximum absolute atomic E-state index is 13.4. The Balaban J connectivity index is 1.84. The number of nitrogens with zero attached hydrogens (tertiary/aromatic N) is 1. The third kappa shape index (κ3) is 4.05. The van der Waals surface area contributed by atoms with Crippen LogP contribution in [0.25, 0.3) is 0 Å². The summed E-state index contributed by atoms with van der Waals surface area (Å²) in [6.45, 7) is 9.84. The summed E-state index contributed by atoms with van der Waals surface area (Å²) in [6, 6.07) is 3.21. The first kappa shape index (κ1) is 20.3. The first-order valence-corrected chi connectivity index (χ1v) is 11.3. The molecule has 2 aliphatic rings. The highest BCUT2D eigenvalue weighted by Crippen LogP contribution is 2.31. The molecule has 2 aliphatic heterocycles. The van der Waals surface area contributed by atoms with Crippen molar-refractivity contribution in [2.45, 2.75) is 63.9 Å². The Morgan fingerprint density at radius 3 is 2.48 bits per heavy atom. The molecule has 7 heteroatoms. The predicted octanol–water partition coefficient (Wildman–Crippen LogP) is 1.88. The minimum atomic E-state index is -3.71. The lowest BCUT2D eigenvalue weighted by Gasteiger charge is -2.32. The highest BCUT2D eigenvalue weighted by atomic mass is 32.2. The number of hydrogen-bond donors (Lipinski definition) is 2. The number of hydrogen-bond acceptors (Lipinski definition) is 4. The topological polar surface area (TPSA) is 78.5 Å². The quantitative estimate of drug-likeness (QED) is 0.819. The fourth-order valence-corrected chi connectivity index (χ4v) is 6.51. The molecule has 2 fully saturated rings. The van der Waals surface area contributed by atoms with Crippen molar-refractivity contribution < 1.29 is 13.2 Å². The van der Waals surface area contributed by atoms with E-state index in [9.17, 15) is 13.2 Å². The maximum atomic E-state index is 13.4. The molecule has 1 aromatic carbocycles.